The van der Waals surface area contributed by atoms with Gasteiger partial charge in [-0.15, -0.1) is 0 Å². The Bertz CT molecular complexity index is 390. The molecular weight excluding hydrogens is 216 g/mol. The van der Waals surface area contributed by atoms with Crippen LogP contribution in [0.1, 0.15) is 55.8 Å². The molecule has 1 aliphatic heterocycles. The number of aromatic nitrogens is 1. The molecule has 0 radical (unpaired) electrons. The van der Waals surface area contributed by atoms with Crippen LogP contribution in [0.25, 0.3) is 0 Å². The predicted octanol–water partition coefficient (Wildman–Crippen LogP) is 2.47. The zero-order chi connectivity index (χ0) is 12.4. The van der Waals surface area contributed by atoms with Crippen molar-refractivity contribution in [3.05, 3.63) is 17.5 Å². The molecule has 0 N–H and O–H groups in total. The number of nitrogens with zero attached hydrogens (tertiary/aromatic N) is 2. The van der Waals surface area contributed by atoms with Crippen molar-refractivity contribution in [3.8, 4) is 0 Å². The fourth-order valence-corrected chi connectivity index (χ4v) is 2.35. The first kappa shape index (κ1) is 12.3. The second kappa shape index (κ2) is 5.00. The SMILES string of the molecule is CC(=O)c1cc(C2CCN(C(C)C)CC2)on1. The van der Waals surface area contributed by atoms with Crippen LogP contribution in [0.5, 0.6) is 0 Å². The Morgan fingerprint density at radius 2 is 2.12 bits per heavy atom. The Hall–Kier alpha value is -1.16. The number of piperidine rings is 1. The van der Waals surface area contributed by atoms with Gasteiger partial charge in [0.1, 0.15) is 11.5 Å². The topological polar surface area (TPSA) is 46.3 Å². The molecule has 4 nitrogen and oxygen atoms in total. The van der Waals surface area contributed by atoms with Crippen LogP contribution in [-0.2, 0) is 0 Å². The monoisotopic (exact) mass is 236 g/mol. The molecule has 4 heteroatoms. The molecular formula is C13H20N2O2. The van der Waals surface area contributed by atoms with E-state index in [2.05, 4.69) is 23.9 Å². The predicted molar refractivity (Wildman–Crippen MR) is 65.2 cm³/mol. The molecule has 1 fully saturated rings. The van der Waals surface area contributed by atoms with Gasteiger partial charge < -0.3 is 9.42 Å². The average molecular weight is 236 g/mol. The number of likely N-dealkylation sites (tertiary alicyclic amines) is 1. The molecule has 0 atom stereocenters. The van der Waals surface area contributed by atoms with Crippen molar-refractivity contribution >= 4 is 5.78 Å². The van der Waals surface area contributed by atoms with E-state index in [-0.39, 0.29) is 5.78 Å². The summed E-state index contributed by atoms with van der Waals surface area (Å²) in [4.78, 5) is 13.6. The summed E-state index contributed by atoms with van der Waals surface area (Å²) < 4.78 is 5.27. The summed E-state index contributed by atoms with van der Waals surface area (Å²) in [6.45, 7) is 8.16. The summed E-state index contributed by atoms with van der Waals surface area (Å²) in [5.74, 6) is 1.27. The lowest BCUT2D eigenvalue weighted by Crippen LogP contribution is -2.37. The molecule has 0 aromatic carbocycles. The first-order chi connectivity index (χ1) is 8.08. The zero-order valence-corrected chi connectivity index (χ0v) is 10.8. The van der Waals surface area contributed by atoms with E-state index in [4.69, 9.17) is 4.52 Å². The van der Waals surface area contributed by atoms with Crippen molar-refractivity contribution in [1.82, 2.24) is 10.1 Å². The second-order valence-electron chi connectivity index (χ2n) is 5.07. The quantitative estimate of drug-likeness (QED) is 0.756. The molecule has 94 valence electrons. The highest BCUT2D eigenvalue weighted by molar-refractivity contribution is 5.91. The van der Waals surface area contributed by atoms with E-state index in [1.165, 1.54) is 6.92 Å². The van der Waals surface area contributed by atoms with Crippen molar-refractivity contribution in [2.45, 2.75) is 45.6 Å². The van der Waals surface area contributed by atoms with Crippen molar-refractivity contribution in [1.29, 1.82) is 0 Å². The molecule has 1 aliphatic rings. The van der Waals surface area contributed by atoms with E-state index < -0.39 is 0 Å². The van der Waals surface area contributed by atoms with Crippen LogP contribution >= 0.6 is 0 Å². The third-order valence-electron chi connectivity index (χ3n) is 3.55. The minimum Gasteiger partial charge on any atom is -0.360 e. The largest absolute Gasteiger partial charge is 0.360 e. The summed E-state index contributed by atoms with van der Waals surface area (Å²) in [5, 5.41) is 3.81. The summed E-state index contributed by atoms with van der Waals surface area (Å²) in [6, 6.07) is 2.41. The smallest absolute Gasteiger partial charge is 0.181 e. The summed E-state index contributed by atoms with van der Waals surface area (Å²) in [5.41, 5.74) is 0.450. The second-order valence-corrected chi connectivity index (χ2v) is 5.07. The normalized spacial score (nSPS) is 18.8. The zero-order valence-electron chi connectivity index (χ0n) is 10.8. The molecule has 0 bridgehead atoms. The number of Topliss-reactive ketones (excluding diaryl/α,β-unsaturated/α-hetero) is 1. The van der Waals surface area contributed by atoms with Gasteiger partial charge in [0.2, 0.25) is 0 Å². The summed E-state index contributed by atoms with van der Waals surface area (Å²) in [6.07, 6.45) is 2.18. The Balaban J connectivity index is 1.98. The first-order valence-electron chi connectivity index (χ1n) is 6.29. The molecule has 0 aliphatic carbocycles. The van der Waals surface area contributed by atoms with Crippen molar-refractivity contribution in [2.75, 3.05) is 13.1 Å². The number of hydrogen-bond acceptors (Lipinski definition) is 4. The Morgan fingerprint density at radius 1 is 1.47 bits per heavy atom. The van der Waals surface area contributed by atoms with Gasteiger partial charge in [-0.3, -0.25) is 4.79 Å². The van der Waals surface area contributed by atoms with E-state index >= 15 is 0 Å². The molecule has 1 saturated heterocycles. The lowest BCUT2D eigenvalue weighted by atomic mass is 9.93. The molecule has 1 aromatic heterocycles. The first-order valence-corrected chi connectivity index (χ1v) is 6.29. The number of carbonyl (C=O) groups is 1. The fraction of sp³-hybridized carbons (Fsp3) is 0.692. The summed E-state index contributed by atoms with van der Waals surface area (Å²) >= 11 is 0. The lowest BCUT2D eigenvalue weighted by Gasteiger charge is -2.33. The standard InChI is InChI=1S/C13H20N2O2/c1-9(2)15-6-4-11(5-7-15)13-8-12(10(3)16)14-17-13/h8-9,11H,4-7H2,1-3H3. The van der Waals surface area contributed by atoms with Gasteiger partial charge in [-0.1, -0.05) is 5.16 Å². The van der Waals surface area contributed by atoms with Crippen LogP contribution in [0.4, 0.5) is 0 Å². The van der Waals surface area contributed by atoms with Gasteiger partial charge >= 0.3 is 0 Å². The molecule has 0 amide bonds. The molecule has 0 unspecified atom stereocenters. The molecule has 0 saturated carbocycles. The average Bonchev–Trinajstić information content (AvgIpc) is 2.78. The minimum absolute atomic E-state index is 0.0281. The molecule has 2 rings (SSSR count). The highest BCUT2D eigenvalue weighted by Crippen LogP contribution is 2.29. The van der Waals surface area contributed by atoms with Crippen LogP contribution in [0.15, 0.2) is 10.6 Å². The molecule has 1 aromatic rings. The maximum absolute atomic E-state index is 11.2. The van der Waals surface area contributed by atoms with Gasteiger partial charge in [0.25, 0.3) is 0 Å². The molecule has 17 heavy (non-hydrogen) atoms. The van der Waals surface area contributed by atoms with E-state index in [1.807, 2.05) is 0 Å². The van der Waals surface area contributed by atoms with E-state index in [9.17, 15) is 4.79 Å². The maximum atomic E-state index is 11.2. The number of hydrogen-bond donors (Lipinski definition) is 0. The lowest BCUT2D eigenvalue weighted by molar-refractivity contribution is 0.100. The number of ketones is 1. The van der Waals surface area contributed by atoms with Crippen LogP contribution in [0, 0.1) is 0 Å². The minimum atomic E-state index is -0.0281. The third kappa shape index (κ3) is 2.75. The van der Waals surface area contributed by atoms with Crippen molar-refractivity contribution < 1.29 is 9.32 Å². The van der Waals surface area contributed by atoms with E-state index in [0.717, 1.165) is 31.7 Å². The van der Waals surface area contributed by atoms with Crippen molar-refractivity contribution in [3.63, 3.8) is 0 Å². The highest BCUT2D eigenvalue weighted by Gasteiger charge is 2.25. The maximum Gasteiger partial charge on any atom is 0.181 e. The Morgan fingerprint density at radius 3 is 2.59 bits per heavy atom. The van der Waals surface area contributed by atoms with Gasteiger partial charge in [0, 0.05) is 24.9 Å². The van der Waals surface area contributed by atoms with Crippen LogP contribution in [0.2, 0.25) is 0 Å². The number of rotatable bonds is 3. The van der Waals surface area contributed by atoms with Crippen molar-refractivity contribution in [2.24, 2.45) is 0 Å². The van der Waals surface area contributed by atoms with Gasteiger partial charge in [0.15, 0.2) is 5.78 Å². The van der Waals surface area contributed by atoms with Crippen LogP contribution in [0.3, 0.4) is 0 Å². The van der Waals surface area contributed by atoms with Gasteiger partial charge in [-0.25, -0.2) is 0 Å². The summed E-state index contributed by atoms with van der Waals surface area (Å²) in [7, 11) is 0. The molecule has 2 heterocycles. The Labute approximate surface area is 102 Å². The van der Waals surface area contributed by atoms with E-state index in [1.54, 1.807) is 6.07 Å². The number of carbonyl (C=O) groups excluding carboxylic acids is 1. The molecule has 0 spiro atoms. The van der Waals surface area contributed by atoms with Gasteiger partial charge in [0.05, 0.1) is 0 Å². The van der Waals surface area contributed by atoms with Gasteiger partial charge in [-0.05, 0) is 39.8 Å². The fourth-order valence-electron chi connectivity index (χ4n) is 2.35. The third-order valence-corrected chi connectivity index (χ3v) is 3.55. The highest BCUT2D eigenvalue weighted by atomic mass is 16.5. The van der Waals surface area contributed by atoms with E-state index in [0.29, 0.717) is 17.7 Å². The Kier molecular flexibility index (Phi) is 3.62. The van der Waals surface area contributed by atoms with Gasteiger partial charge in [-0.2, -0.15) is 0 Å². The van der Waals surface area contributed by atoms with Crippen LogP contribution in [-0.4, -0.2) is 35.0 Å². The van der Waals surface area contributed by atoms with Crippen LogP contribution < -0.4 is 0 Å².